The third-order valence-electron chi connectivity index (χ3n) is 7.57. The van der Waals surface area contributed by atoms with Crippen LogP contribution in [0.3, 0.4) is 0 Å². The molecule has 0 radical (unpaired) electrons. The molecule has 0 N–H and O–H groups in total. The monoisotopic (exact) mass is 696 g/mol. The van der Waals surface area contributed by atoms with Crippen LogP contribution in [0.15, 0.2) is 109 Å². The molecule has 0 saturated carbocycles. The Balaban J connectivity index is 0.000000260. The van der Waals surface area contributed by atoms with Crippen molar-refractivity contribution >= 4 is 3.21 Å². The quantitative estimate of drug-likeness (QED) is 0.248. The molecular formula is C41H44Cl2Zr-2. The van der Waals surface area contributed by atoms with E-state index in [1.54, 1.807) is 27.4 Å². The fourth-order valence-corrected chi connectivity index (χ4v) is 6.12. The van der Waals surface area contributed by atoms with Gasteiger partial charge < -0.3 is 24.8 Å². The van der Waals surface area contributed by atoms with Gasteiger partial charge in [0.25, 0.3) is 0 Å². The van der Waals surface area contributed by atoms with Gasteiger partial charge in [0.1, 0.15) is 0 Å². The zero-order valence-electron chi connectivity index (χ0n) is 27.0. The van der Waals surface area contributed by atoms with Gasteiger partial charge in [0.2, 0.25) is 0 Å². The summed E-state index contributed by atoms with van der Waals surface area (Å²) in [6.07, 6.45) is 13.3. The van der Waals surface area contributed by atoms with Gasteiger partial charge in [-0.2, -0.15) is 29.8 Å². The van der Waals surface area contributed by atoms with Crippen molar-refractivity contribution in [2.75, 3.05) is 0 Å². The Labute approximate surface area is 294 Å². The van der Waals surface area contributed by atoms with Crippen LogP contribution in [0.4, 0.5) is 0 Å². The van der Waals surface area contributed by atoms with Crippen LogP contribution in [0.2, 0.25) is 0 Å². The molecule has 0 aliphatic heterocycles. The Morgan fingerprint density at radius 3 is 1.73 bits per heavy atom. The van der Waals surface area contributed by atoms with Crippen molar-refractivity contribution < 1.29 is 49.0 Å². The van der Waals surface area contributed by atoms with Crippen molar-refractivity contribution in [1.29, 1.82) is 0 Å². The van der Waals surface area contributed by atoms with E-state index in [9.17, 15) is 0 Å². The molecule has 0 aromatic heterocycles. The minimum atomic E-state index is 0. The average Bonchev–Trinajstić information content (AvgIpc) is 3.65. The van der Waals surface area contributed by atoms with Crippen molar-refractivity contribution in [3.63, 3.8) is 0 Å². The third kappa shape index (κ3) is 11.2. The molecule has 0 nitrogen and oxygen atoms in total. The summed E-state index contributed by atoms with van der Waals surface area (Å²) in [4.78, 5) is 0. The first kappa shape index (κ1) is 37.9. The number of fused-ring (bicyclic) bond motifs is 3. The van der Waals surface area contributed by atoms with Crippen molar-refractivity contribution in [1.82, 2.24) is 0 Å². The average molecular weight is 699 g/mol. The van der Waals surface area contributed by atoms with Crippen LogP contribution in [-0.4, -0.2) is 3.21 Å². The predicted octanol–water partition coefficient (Wildman–Crippen LogP) is 4.16. The van der Waals surface area contributed by atoms with Crippen molar-refractivity contribution in [2.45, 2.75) is 78.1 Å². The second kappa shape index (κ2) is 17.4. The van der Waals surface area contributed by atoms with E-state index in [1.165, 1.54) is 44.5 Å². The molecule has 0 unspecified atom stereocenters. The molecule has 0 bridgehead atoms. The fourth-order valence-electron chi connectivity index (χ4n) is 5.11. The van der Waals surface area contributed by atoms with Gasteiger partial charge in [0.15, 0.2) is 0 Å². The Morgan fingerprint density at radius 2 is 1.27 bits per heavy atom. The summed E-state index contributed by atoms with van der Waals surface area (Å²) in [6.45, 7) is 13.6. The van der Waals surface area contributed by atoms with Gasteiger partial charge in [0.05, 0.1) is 0 Å². The molecule has 2 aliphatic carbocycles. The standard InChI is InChI=1S/C21H25.C15H14.C5H5.2ClH.Zr/c1-20(2,3)16-7-9-18-14(12-16)11-15-13-17(21(4,5)6)8-10-19(15)18;1-3-8-14(9-4-1)12-7-13-15-10-5-2-6-11-15;1-2-4-5-3-1;;;/h7-10,12H,11H2,1-6H3;1-6,8-11H,12-13H2;1-3H,4H2;2*1H;/q-1;;-1;;;+2/p-2. The van der Waals surface area contributed by atoms with Crippen LogP contribution in [0, 0.1) is 12.1 Å². The van der Waals surface area contributed by atoms with Gasteiger partial charge in [-0.1, -0.05) is 65.3 Å². The van der Waals surface area contributed by atoms with Crippen LogP contribution in [0.1, 0.15) is 81.3 Å². The predicted molar refractivity (Wildman–Crippen MR) is 178 cm³/mol. The third-order valence-corrected chi connectivity index (χ3v) is 8.44. The molecule has 0 spiro atoms. The first-order valence-corrected chi connectivity index (χ1v) is 16.3. The summed E-state index contributed by atoms with van der Waals surface area (Å²) in [5, 5.41) is 0. The summed E-state index contributed by atoms with van der Waals surface area (Å²) in [5.41, 5.74) is 11.5. The number of benzene rings is 4. The Morgan fingerprint density at radius 1 is 0.705 bits per heavy atom. The van der Waals surface area contributed by atoms with Gasteiger partial charge in [0, 0.05) is 0 Å². The van der Waals surface area contributed by atoms with Gasteiger partial charge in [-0.05, 0) is 28.4 Å². The van der Waals surface area contributed by atoms with Gasteiger partial charge >= 0.3 is 112 Å². The van der Waals surface area contributed by atoms with Crippen molar-refractivity contribution in [3.8, 4) is 11.1 Å². The normalized spacial score (nSPS) is 12.4. The molecular weight excluding hydrogens is 655 g/mol. The zero-order chi connectivity index (χ0) is 30.2. The van der Waals surface area contributed by atoms with Crippen LogP contribution in [0.25, 0.3) is 11.1 Å². The first-order valence-electron chi connectivity index (χ1n) is 15.1. The summed E-state index contributed by atoms with van der Waals surface area (Å²) >= 11 is 1.55. The zero-order valence-corrected chi connectivity index (χ0v) is 30.9. The van der Waals surface area contributed by atoms with Crippen molar-refractivity contribution in [3.05, 3.63) is 155 Å². The fraction of sp³-hybridized carbons (Fsp3) is 0.293. The molecule has 4 aromatic rings. The molecule has 0 amide bonds. The minimum absolute atomic E-state index is 0. The van der Waals surface area contributed by atoms with E-state index < -0.39 is 0 Å². The Bertz CT molecular complexity index is 1420. The molecule has 44 heavy (non-hydrogen) atoms. The molecule has 0 atom stereocenters. The SMILES string of the molecule is CC(C)(C)c1[c-]c2c(cc1)-c1ccc(C(C)(C)C)cc1C2.[C-]1=CC=CC1.[Cl-].[Cl-].[Zr+2]=[C](Cc1ccccc1)Cc1ccccc1. The molecule has 4 aromatic carbocycles. The number of rotatable bonds is 4. The van der Waals surface area contributed by atoms with Crippen LogP contribution in [0.5, 0.6) is 0 Å². The number of halogens is 2. The summed E-state index contributed by atoms with van der Waals surface area (Å²) < 4.78 is 1.60. The molecule has 228 valence electrons. The number of hydrogen-bond donors (Lipinski definition) is 0. The number of allylic oxidation sites excluding steroid dienone is 4. The maximum atomic E-state index is 3.67. The van der Waals surface area contributed by atoms with E-state index in [2.05, 4.69) is 151 Å². The van der Waals surface area contributed by atoms with Crippen molar-refractivity contribution in [2.24, 2.45) is 0 Å². The molecule has 0 fully saturated rings. The van der Waals surface area contributed by atoms with Gasteiger partial charge in [-0.15, -0.1) is 17.5 Å². The topological polar surface area (TPSA) is 0 Å². The molecule has 6 rings (SSSR count). The maximum absolute atomic E-state index is 3.67. The number of hydrogen-bond acceptors (Lipinski definition) is 0. The summed E-state index contributed by atoms with van der Waals surface area (Å²) in [7, 11) is 0. The van der Waals surface area contributed by atoms with Gasteiger partial charge in [-0.25, -0.2) is 12.2 Å². The van der Waals surface area contributed by atoms with E-state index in [1.807, 2.05) is 12.2 Å². The Kier molecular flexibility index (Phi) is 15.0. The van der Waals surface area contributed by atoms with E-state index in [-0.39, 0.29) is 35.6 Å². The van der Waals surface area contributed by atoms with E-state index in [0.717, 1.165) is 25.7 Å². The molecule has 0 heterocycles. The Hall–Kier alpha value is -2.31. The van der Waals surface area contributed by atoms with Gasteiger partial charge in [-0.3, -0.25) is 6.08 Å². The first-order chi connectivity index (χ1) is 20.0. The summed E-state index contributed by atoms with van der Waals surface area (Å²) in [6, 6.07) is 36.6. The van der Waals surface area contributed by atoms with Crippen LogP contribution >= 0.6 is 0 Å². The summed E-state index contributed by atoms with van der Waals surface area (Å²) in [5.74, 6) is 0. The molecule has 0 saturated heterocycles. The van der Waals surface area contributed by atoms with Crippen LogP contribution < -0.4 is 24.8 Å². The van der Waals surface area contributed by atoms with E-state index in [4.69, 9.17) is 0 Å². The molecule has 3 heteroatoms. The second-order valence-electron chi connectivity index (χ2n) is 13.2. The second-order valence-corrected chi connectivity index (χ2v) is 15.0. The van der Waals surface area contributed by atoms with E-state index >= 15 is 0 Å². The molecule has 2 aliphatic rings. The van der Waals surface area contributed by atoms with Crippen LogP contribution in [-0.2, 0) is 54.3 Å². The van der Waals surface area contributed by atoms with E-state index in [0.29, 0.717) is 0 Å².